The van der Waals surface area contributed by atoms with E-state index in [2.05, 4.69) is 164 Å². The van der Waals surface area contributed by atoms with Gasteiger partial charge in [0.2, 0.25) is 0 Å². The maximum absolute atomic E-state index is 5.26. The van der Waals surface area contributed by atoms with Gasteiger partial charge in [-0.25, -0.2) is 4.99 Å². The van der Waals surface area contributed by atoms with E-state index in [1.54, 1.807) is 0 Å². The predicted octanol–water partition coefficient (Wildman–Crippen LogP) is 9.96. The van der Waals surface area contributed by atoms with E-state index in [1.165, 1.54) is 50.1 Å². The van der Waals surface area contributed by atoms with Crippen LogP contribution in [-0.2, 0) is 6.42 Å². The first kappa shape index (κ1) is 28.8. The molecular weight excluding hydrogens is 546 g/mol. The van der Waals surface area contributed by atoms with Gasteiger partial charge in [-0.3, -0.25) is 5.32 Å². The molecule has 45 heavy (non-hydrogen) atoms. The van der Waals surface area contributed by atoms with Gasteiger partial charge in [0.15, 0.2) is 0 Å². The van der Waals surface area contributed by atoms with Crippen molar-refractivity contribution in [2.24, 2.45) is 4.99 Å². The number of nitrogens with zero attached hydrogens (tertiary/aromatic N) is 1. The third kappa shape index (κ3) is 5.92. The van der Waals surface area contributed by atoms with Crippen molar-refractivity contribution < 1.29 is 0 Å². The smallest absolute Gasteiger partial charge is 0.132 e. The number of allylic oxidation sites excluding steroid dienone is 4. The second kappa shape index (κ2) is 12.9. The Hall–Kier alpha value is -4.99. The van der Waals surface area contributed by atoms with Gasteiger partial charge in [-0.1, -0.05) is 146 Å². The molecule has 0 spiro atoms. The van der Waals surface area contributed by atoms with Crippen molar-refractivity contribution in [1.29, 1.82) is 0 Å². The van der Waals surface area contributed by atoms with E-state index < -0.39 is 0 Å². The van der Waals surface area contributed by atoms with Gasteiger partial charge in [0.1, 0.15) is 18.2 Å². The minimum Gasteiger partial charge on any atom is -0.350 e. The lowest BCUT2D eigenvalue weighted by Gasteiger charge is -2.33. The van der Waals surface area contributed by atoms with E-state index in [-0.39, 0.29) is 12.3 Å². The minimum absolute atomic E-state index is 0.0706. The van der Waals surface area contributed by atoms with Crippen LogP contribution < -0.4 is 10.6 Å². The molecule has 0 aromatic heterocycles. The van der Waals surface area contributed by atoms with Crippen LogP contribution in [0, 0.1) is 6.92 Å². The highest BCUT2D eigenvalue weighted by molar-refractivity contribution is 6.03. The van der Waals surface area contributed by atoms with Crippen molar-refractivity contribution in [2.75, 3.05) is 0 Å². The maximum atomic E-state index is 5.26. The number of nitrogens with one attached hydrogen (secondary N) is 2. The Balaban J connectivity index is 1.31. The topological polar surface area (TPSA) is 36.4 Å². The highest BCUT2D eigenvalue weighted by Gasteiger charge is 2.27. The quantitative estimate of drug-likeness (QED) is 0.199. The molecule has 0 fully saturated rings. The van der Waals surface area contributed by atoms with Gasteiger partial charge < -0.3 is 5.32 Å². The van der Waals surface area contributed by atoms with Crippen LogP contribution in [0.4, 0.5) is 0 Å². The highest BCUT2D eigenvalue weighted by Crippen LogP contribution is 2.39. The number of amidine groups is 1. The SMILES string of the molecule is CCc1cccc(-c2ccc(C3=CC=CCC3)cc2)c1-c1cccc(C2=NC(c3ccccc3)NC(c3ccccc3)N2)c1C. The van der Waals surface area contributed by atoms with Gasteiger partial charge in [-0.2, -0.15) is 0 Å². The van der Waals surface area contributed by atoms with E-state index >= 15 is 0 Å². The van der Waals surface area contributed by atoms with E-state index in [0.717, 1.165) is 36.2 Å². The lowest BCUT2D eigenvalue weighted by atomic mass is 9.85. The Morgan fingerprint density at radius 2 is 1.36 bits per heavy atom. The zero-order valence-corrected chi connectivity index (χ0v) is 26.0. The average molecular weight is 586 g/mol. The monoisotopic (exact) mass is 585 g/mol. The zero-order valence-electron chi connectivity index (χ0n) is 26.0. The first-order valence-corrected chi connectivity index (χ1v) is 16.1. The van der Waals surface area contributed by atoms with Crippen LogP contribution in [0.2, 0.25) is 0 Å². The Kier molecular flexibility index (Phi) is 8.27. The summed E-state index contributed by atoms with van der Waals surface area (Å²) in [6, 6.07) is 43.6. The van der Waals surface area contributed by atoms with Crippen LogP contribution in [0.15, 0.2) is 145 Å². The van der Waals surface area contributed by atoms with Gasteiger partial charge in [0.05, 0.1) is 0 Å². The summed E-state index contributed by atoms with van der Waals surface area (Å²) in [5.74, 6) is 0.908. The largest absolute Gasteiger partial charge is 0.350 e. The van der Waals surface area contributed by atoms with Crippen molar-refractivity contribution in [1.82, 2.24) is 10.6 Å². The molecule has 2 atom stereocenters. The molecule has 0 saturated heterocycles. The number of aliphatic imine (C=N–C) groups is 1. The molecule has 3 heteroatoms. The van der Waals surface area contributed by atoms with Gasteiger partial charge in [-0.05, 0) is 81.8 Å². The molecule has 7 rings (SSSR count). The Bertz CT molecular complexity index is 1880. The predicted molar refractivity (Wildman–Crippen MR) is 189 cm³/mol. The van der Waals surface area contributed by atoms with Crippen LogP contribution >= 0.6 is 0 Å². The third-order valence-corrected chi connectivity index (χ3v) is 9.08. The number of hydrogen-bond acceptors (Lipinski definition) is 3. The summed E-state index contributed by atoms with van der Waals surface area (Å²) < 4.78 is 0. The molecule has 5 aromatic carbocycles. The van der Waals surface area contributed by atoms with Crippen LogP contribution in [0.5, 0.6) is 0 Å². The molecule has 0 radical (unpaired) electrons. The Morgan fingerprint density at radius 3 is 2.07 bits per heavy atom. The van der Waals surface area contributed by atoms with Crippen molar-refractivity contribution in [2.45, 2.75) is 45.4 Å². The molecule has 0 bridgehead atoms. The molecule has 2 N–H and O–H groups in total. The first-order chi connectivity index (χ1) is 22.2. The summed E-state index contributed by atoms with van der Waals surface area (Å²) in [6.07, 6.45) is 9.60. The maximum Gasteiger partial charge on any atom is 0.132 e. The van der Waals surface area contributed by atoms with E-state index in [9.17, 15) is 0 Å². The zero-order chi connectivity index (χ0) is 30.6. The van der Waals surface area contributed by atoms with Crippen molar-refractivity contribution >= 4 is 11.4 Å². The number of rotatable bonds is 7. The summed E-state index contributed by atoms with van der Waals surface area (Å²) in [5.41, 5.74) is 13.8. The second-order valence-electron chi connectivity index (χ2n) is 11.9. The molecule has 222 valence electrons. The minimum atomic E-state index is -0.164. The van der Waals surface area contributed by atoms with E-state index in [0.29, 0.717) is 0 Å². The fourth-order valence-corrected chi connectivity index (χ4v) is 6.64. The molecule has 5 aromatic rings. The summed E-state index contributed by atoms with van der Waals surface area (Å²) in [5, 5.41) is 7.47. The summed E-state index contributed by atoms with van der Waals surface area (Å²) in [6.45, 7) is 4.50. The van der Waals surface area contributed by atoms with Gasteiger partial charge >= 0.3 is 0 Å². The normalized spacial score (nSPS) is 17.7. The third-order valence-electron chi connectivity index (χ3n) is 9.08. The van der Waals surface area contributed by atoms with Crippen LogP contribution in [0.25, 0.3) is 27.8 Å². The van der Waals surface area contributed by atoms with Crippen molar-refractivity contribution in [3.05, 3.63) is 173 Å². The van der Waals surface area contributed by atoms with E-state index in [4.69, 9.17) is 4.99 Å². The van der Waals surface area contributed by atoms with Crippen LogP contribution in [0.1, 0.15) is 65.5 Å². The molecule has 0 amide bonds. The van der Waals surface area contributed by atoms with Crippen LogP contribution in [0.3, 0.4) is 0 Å². The number of hydrogen-bond donors (Lipinski definition) is 2. The molecule has 1 aliphatic heterocycles. The molecule has 1 heterocycles. The fraction of sp³-hybridized carbons (Fsp3) is 0.167. The van der Waals surface area contributed by atoms with Crippen LogP contribution in [-0.4, -0.2) is 5.84 Å². The average Bonchev–Trinajstić information content (AvgIpc) is 3.12. The Morgan fingerprint density at radius 1 is 0.689 bits per heavy atom. The standard InChI is InChI=1S/C42H39N3/c1-3-30-21-13-24-38(33-27-25-32(26-28-33)31-15-7-4-8-16-31)39(30)36-22-14-23-37(29(36)2)42-44-40(34-17-9-5-10-18-34)43-41(45-42)35-19-11-6-12-20-35/h4-7,9-15,17-28,40-41,43H,3,8,16H2,1-2H3,(H,44,45). The van der Waals surface area contributed by atoms with Gasteiger partial charge in [0, 0.05) is 5.56 Å². The number of benzene rings is 5. The molecule has 3 nitrogen and oxygen atoms in total. The molecule has 0 saturated carbocycles. The summed E-state index contributed by atoms with van der Waals surface area (Å²) >= 11 is 0. The first-order valence-electron chi connectivity index (χ1n) is 16.1. The molecule has 1 aliphatic carbocycles. The van der Waals surface area contributed by atoms with Gasteiger partial charge in [0.25, 0.3) is 0 Å². The summed E-state index contributed by atoms with van der Waals surface area (Å²) in [4.78, 5) is 5.26. The summed E-state index contributed by atoms with van der Waals surface area (Å²) in [7, 11) is 0. The van der Waals surface area contributed by atoms with E-state index in [1.807, 2.05) is 0 Å². The molecule has 2 unspecified atom stereocenters. The van der Waals surface area contributed by atoms with Gasteiger partial charge in [-0.15, -0.1) is 0 Å². The Labute approximate surface area is 267 Å². The number of aryl methyl sites for hydroxylation is 1. The molecule has 2 aliphatic rings. The fourth-order valence-electron chi connectivity index (χ4n) is 6.64. The van der Waals surface area contributed by atoms with Crippen molar-refractivity contribution in [3.8, 4) is 22.3 Å². The van der Waals surface area contributed by atoms with Crippen molar-refractivity contribution in [3.63, 3.8) is 0 Å². The second-order valence-corrected chi connectivity index (χ2v) is 11.9. The lowest BCUT2D eigenvalue weighted by Crippen LogP contribution is -2.45. The highest BCUT2D eigenvalue weighted by atomic mass is 15.3. The lowest BCUT2D eigenvalue weighted by molar-refractivity contribution is 0.409. The molecular formula is C42H39N3.